The van der Waals surface area contributed by atoms with E-state index in [1.807, 2.05) is 58.2 Å². The zero-order valence-electron chi connectivity index (χ0n) is 19.8. The average molecular weight is 489 g/mol. The van der Waals surface area contributed by atoms with Gasteiger partial charge in [-0.05, 0) is 55.2 Å². The Balaban J connectivity index is 1.40. The van der Waals surface area contributed by atoms with Crippen LogP contribution in [0.4, 0.5) is 5.69 Å². The summed E-state index contributed by atoms with van der Waals surface area (Å²) in [6, 6.07) is 13.4. The van der Waals surface area contributed by atoms with Crippen molar-refractivity contribution in [1.29, 1.82) is 0 Å². The Morgan fingerprint density at radius 2 is 1.94 bits per heavy atom. The molecule has 0 spiro atoms. The quantitative estimate of drug-likeness (QED) is 0.454. The van der Waals surface area contributed by atoms with E-state index < -0.39 is 0 Å². The Morgan fingerprint density at radius 3 is 2.66 bits per heavy atom. The van der Waals surface area contributed by atoms with Gasteiger partial charge in [-0.25, -0.2) is 4.98 Å². The van der Waals surface area contributed by atoms with Gasteiger partial charge < -0.3 is 15.5 Å². The molecule has 5 rings (SSSR count). The minimum Gasteiger partial charge on any atom is -0.397 e. The largest absolute Gasteiger partial charge is 0.397 e. The molecular formula is C26H28N6O2S. The second kappa shape index (κ2) is 9.50. The minimum absolute atomic E-state index is 0.0106. The number of likely N-dealkylation sites (tertiary alicyclic amines) is 1. The van der Waals surface area contributed by atoms with Crippen molar-refractivity contribution in [1.82, 2.24) is 24.6 Å². The van der Waals surface area contributed by atoms with Crippen LogP contribution < -0.4 is 5.73 Å². The molecule has 1 saturated heterocycles. The van der Waals surface area contributed by atoms with Gasteiger partial charge in [-0.15, -0.1) is 11.3 Å². The van der Waals surface area contributed by atoms with E-state index in [0.717, 1.165) is 40.7 Å². The topological polar surface area (TPSA) is 97.4 Å². The number of thiophene rings is 1. The fourth-order valence-corrected chi connectivity index (χ4v) is 5.66. The molecule has 2 amide bonds. The SMILES string of the molecule is CN(C)C(=O)c1sc2nc(C3CCCCN3C(=O)c3ccc(Cn4cccn4)cc3)ccc2c1N. The van der Waals surface area contributed by atoms with E-state index in [-0.39, 0.29) is 17.9 Å². The van der Waals surface area contributed by atoms with Crippen molar-refractivity contribution in [3.05, 3.63) is 76.6 Å². The van der Waals surface area contributed by atoms with Gasteiger partial charge in [0.25, 0.3) is 11.8 Å². The van der Waals surface area contributed by atoms with Crippen LogP contribution in [0.15, 0.2) is 54.9 Å². The monoisotopic (exact) mass is 488 g/mol. The van der Waals surface area contributed by atoms with E-state index in [4.69, 9.17) is 10.7 Å². The Bertz CT molecular complexity index is 1360. The number of rotatable bonds is 5. The lowest BCUT2D eigenvalue weighted by molar-refractivity contribution is 0.0606. The molecule has 1 aliphatic heterocycles. The lowest BCUT2D eigenvalue weighted by Crippen LogP contribution is -2.38. The van der Waals surface area contributed by atoms with Gasteiger partial charge in [0.15, 0.2) is 0 Å². The second-order valence-electron chi connectivity index (χ2n) is 9.04. The summed E-state index contributed by atoms with van der Waals surface area (Å²) in [7, 11) is 3.42. The molecule has 1 aliphatic rings. The van der Waals surface area contributed by atoms with E-state index in [1.165, 1.54) is 16.2 Å². The number of hydrogen-bond donors (Lipinski definition) is 1. The summed E-state index contributed by atoms with van der Waals surface area (Å²) in [5.41, 5.74) is 9.33. The smallest absolute Gasteiger partial charge is 0.265 e. The summed E-state index contributed by atoms with van der Waals surface area (Å²) in [4.78, 5) is 35.6. The third kappa shape index (κ3) is 4.51. The molecule has 1 aromatic carbocycles. The van der Waals surface area contributed by atoms with Crippen LogP contribution in [-0.4, -0.2) is 57.0 Å². The molecule has 4 aromatic rings. The normalized spacial score (nSPS) is 15.9. The number of fused-ring (bicyclic) bond motifs is 1. The van der Waals surface area contributed by atoms with Crippen LogP contribution in [0.25, 0.3) is 10.2 Å². The second-order valence-corrected chi connectivity index (χ2v) is 10.0. The van der Waals surface area contributed by atoms with Crippen LogP contribution in [0.2, 0.25) is 0 Å². The maximum atomic E-state index is 13.5. The molecule has 1 atom stereocenters. The Morgan fingerprint density at radius 1 is 1.14 bits per heavy atom. The predicted molar refractivity (Wildman–Crippen MR) is 137 cm³/mol. The Kier molecular flexibility index (Phi) is 6.25. The molecule has 8 nitrogen and oxygen atoms in total. The maximum Gasteiger partial charge on any atom is 0.265 e. The van der Waals surface area contributed by atoms with Crippen molar-refractivity contribution >= 4 is 39.1 Å². The third-order valence-electron chi connectivity index (χ3n) is 6.43. The lowest BCUT2D eigenvalue weighted by Gasteiger charge is -2.35. The van der Waals surface area contributed by atoms with Gasteiger partial charge in [-0.2, -0.15) is 5.10 Å². The Hall–Kier alpha value is -3.72. The molecule has 0 radical (unpaired) electrons. The summed E-state index contributed by atoms with van der Waals surface area (Å²) in [6.07, 6.45) is 6.53. The van der Waals surface area contributed by atoms with Gasteiger partial charge in [0.2, 0.25) is 0 Å². The number of nitrogens with two attached hydrogens (primary N) is 1. The number of amides is 2. The molecule has 2 N–H and O–H groups in total. The highest BCUT2D eigenvalue weighted by atomic mass is 32.1. The predicted octanol–water partition coefficient (Wildman–Crippen LogP) is 4.19. The summed E-state index contributed by atoms with van der Waals surface area (Å²) in [5, 5.41) is 5.02. The average Bonchev–Trinajstić information content (AvgIpc) is 3.51. The van der Waals surface area contributed by atoms with Crippen LogP contribution in [-0.2, 0) is 6.54 Å². The first-order valence-electron chi connectivity index (χ1n) is 11.7. The van der Waals surface area contributed by atoms with Crippen molar-refractivity contribution in [3.8, 4) is 0 Å². The van der Waals surface area contributed by atoms with Crippen LogP contribution in [0.5, 0.6) is 0 Å². The summed E-state index contributed by atoms with van der Waals surface area (Å²) >= 11 is 1.31. The number of nitrogens with zero attached hydrogens (tertiary/aromatic N) is 5. The van der Waals surface area contributed by atoms with Crippen molar-refractivity contribution < 1.29 is 9.59 Å². The zero-order valence-corrected chi connectivity index (χ0v) is 20.7. The van der Waals surface area contributed by atoms with Gasteiger partial charge in [0.1, 0.15) is 9.71 Å². The maximum absolute atomic E-state index is 13.5. The van der Waals surface area contributed by atoms with E-state index >= 15 is 0 Å². The fourth-order valence-electron chi connectivity index (χ4n) is 4.54. The molecule has 0 bridgehead atoms. The number of piperidine rings is 1. The summed E-state index contributed by atoms with van der Waals surface area (Å²) < 4.78 is 1.86. The lowest BCUT2D eigenvalue weighted by atomic mass is 9.97. The van der Waals surface area contributed by atoms with Crippen molar-refractivity contribution in [3.63, 3.8) is 0 Å². The molecule has 0 aliphatic carbocycles. The van der Waals surface area contributed by atoms with Gasteiger partial charge in [-0.1, -0.05) is 12.1 Å². The molecule has 180 valence electrons. The molecule has 4 heterocycles. The van der Waals surface area contributed by atoms with Crippen LogP contribution in [0.1, 0.15) is 56.6 Å². The van der Waals surface area contributed by atoms with E-state index in [0.29, 0.717) is 29.2 Å². The van der Waals surface area contributed by atoms with Gasteiger partial charge in [0.05, 0.1) is 24.0 Å². The molecule has 35 heavy (non-hydrogen) atoms. The summed E-state index contributed by atoms with van der Waals surface area (Å²) in [5.74, 6) is -0.117. The van der Waals surface area contributed by atoms with Crippen LogP contribution >= 0.6 is 11.3 Å². The van der Waals surface area contributed by atoms with Gasteiger partial charge >= 0.3 is 0 Å². The highest BCUT2D eigenvalue weighted by molar-refractivity contribution is 7.21. The standard InChI is InChI=1S/C26H28N6O2S/c1-30(2)26(34)23-22(27)19-11-12-20(29-24(19)35-23)21-6-3-4-15-32(21)25(33)18-9-7-17(8-10-18)16-31-14-5-13-28-31/h5,7-14,21H,3-4,6,15-16,27H2,1-2H3. The first-order chi connectivity index (χ1) is 16.9. The fraction of sp³-hybridized carbons (Fsp3) is 0.308. The molecule has 3 aromatic heterocycles. The molecule has 1 unspecified atom stereocenters. The van der Waals surface area contributed by atoms with Gasteiger partial charge in [0, 0.05) is 44.0 Å². The number of hydrogen-bond acceptors (Lipinski definition) is 6. The molecule has 0 saturated carbocycles. The van der Waals surface area contributed by atoms with Crippen molar-refractivity contribution in [2.75, 3.05) is 26.4 Å². The van der Waals surface area contributed by atoms with E-state index in [1.54, 1.807) is 20.3 Å². The van der Waals surface area contributed by atoms with Crippen LogP contribution in [0, 0.1) is 0 Å². The number of benzene rings is 1. The highest BCUT2D eigenvalue weighted by Crippen LogP contribution is 2.37. The van der Waals surface area contributed by atoms with E-state index in [9.17, 15) is 9.59 Å². The number of nitrogen functional groups attached to an aromatic ring is 1. The Labute approximate surface area is 208 Å². The number of aromatic nitrogens is 3. The molecule has 9 heteroatoms. The number of carbonyl (C=O) groups excluding carboxylic acids is 2. The molecule has 1 fully saturated rings. The highest BCUT2D eigenvalue weighted by Gasteiger charge is 2.30. The van der Waals surface area contributed by atoms with Gasteiger partial charge in [-0.3, -0.25) is 14.3 Å². The number of carbonyl (C=O) groups is 2. The summed E-state index contributed by atoms with van der Waals surface area (Å²) in [6.45, 7) is 1.36. The molecular weight excluding hydrogens is 460 g/mol. The van der Waals surface area contributed by atoms with E-state index in [2.05, 4.69) is 5.10 Å². The van der Waals surface area contributed by atoms with Crippen molar-refractivity contribution in [2.24, 2.45) is 0 Å². The third-order valence-corrected chi connectivity index (χ3v) is 7.53. The minimum atomic E-state index is -0.127. The number of anilines is 1. The first kappa shape index (κ1) is 23.0. The van der Waals surface area contributed by atoms with Crippen LogP contribution in [0.3, 0.4) is 0 Å². The first-order valence-corrected chi connectivity index (χ1v) is 12.5. The zero-order chi connectivity index (χ0) is 24.5. The van der Waals surface area contributed by atoms with Crippen molar-refractivity contribution in [2.45, 2.75) is 31.8 Å². The number of pyridine rings is 1.